The first kappa shape index (κ1) is 20.4. The molecular formula is C24H25ClN4O. The van der Waals surface area contributed by atoms with Crippen molar-refractivity contribution in [1.29, 1.82) is 0 Å². The summed E-state index contributed by atoms with van der Waals surface area (Å²) in [5, 5.41) is 3.49. The number of fused-ring (bicyclic) bond motifs is 1. The lowest BCUT2D eigenvalue weighted by atomic mass is 10.0. The lowest BCUT2D eigenvalue weighted by Gasteiger charge is -2.15. The number of aromatic nitrogens is 3. The van der Waals surface area contributed by atoms with Crippen LogP contribution < -0.4 is 10.1 Å². The molecule has 1 aliphatic rings. The average Bonchev–Trinajstić information content (AvgIpc) is 3.42. The van der Waals surface area contributed by atoms with Crippen LogP contribution in [0, 0.1) is 6.92 Å². The fourth-order valence-corrected chi connectivity index (χ4v) is 4.09. The van der Waals surface area contributed by atoms with Crippen molar-refractivity contribution in [2.45, 2.75) is 25.8 Å². The summed E-state index contributed by atoms with van der Waals surface area (Å²) in [6, 6.07) is 14.9. The molecule has 0 unspecified atom stereocenters. The van der Waals surface area contributed by atoms with Gasteiger partial charge in [0.1, 0.15) is 12.4 Å². The fourth-order valence-electron chi connectivity index (χ4n) is 4.09. The molecule has 2 N–H and O–H groups in total. The van der Waals surface area contributed by atoms with E-state index in [0.717, 1.165) is 52.1 Å². The van der Waals surface area contributed by atoms with Crippen molar-refractivity contribution in [3.8, 4) is 28.1 Å². The minimum absolute atomic E-state index is 0. The zero-order chi connectivity index (χ0) is 19.6. The molecule has 3 aromatic heterocycles. The van der Waals surface area contributed by atoms with Crippen molar-refractivity contribution in [3.05, 3.63) is 66.6 Å². The maximum absolute atomic E-state index is 6.23. The molecule has 5 nitrogen and oxygen atoms in total. The summed E-state index contributed by atoms with van der Waals surface area (Å²) in [4.78, 5) is 12.7. The third-order valence-electron chi connectivity index (χ3n) is 5.61. The standard InChI is InChI=1S/C24H24N4O.ClH/c1-16-9-13-27-24-21(17-6-3-2-4-7-17)23(28-22(16)24)19-10-12-25-14-20(19)29-15-18-8-5-11-26-18;/h2-4,6-7,9-10,12-14,18,26,28H,5,8,11,15H2,1H3;1H/t18-;/m0./s1. The molecule has 4 aromatic rings. The highest BCUT2D eigenvalue weighted by atomic mass is 35.5. The van der Waals surface area contributed by atoms with Crippen LogP contribution in [0.1, 0.15) is 18.4 Å². The van der Waals surface area contributed by atoms with Gasteiger partial charge in [-0.3, -0.25) is 9.97 Å². The molecule has 0 aliphatic carbocycles. The molecule has 1 aliphatic heterocycles. The van der Waals surface area contributed by atoms with Gasteiger partial charge in [-0.05, 0) is 49.6 Å². The Hall–Kier alpha value is -2.89. The molecule has 1 atom stereocenters. The van der Waals surface area contributed by atoms with Crippen molar-refractivity contribution < 1.29 is 4.74 Å². The van der Waals surface area contributed by atoms with Crippen LogP contribution in [0.5, 0.6) is 5.75 Å². The van der Waals surface area contributed by atoms with Gasteiger partial charge >= 0.3 is 0 Å². The Morgan fingerprint density at radius 3 is 2.77 bits per heavy atom. The Labute approximate surface area is 182 Å². The maximum Gasteiger partial charge on any atom is 0.146 e. The van der Waals surface area contributed by atoms with E-state index in [1.807, 2.05) is 36.8 Å². The Bertz CT molecular complexity index is 1140. The third-order valence-corrected chi connectivity index (χ3v) is 5.61. The Balaban J connectivity index is 0.00000218. The largest absolute Gasteiger partial charge is 0.490 e. The molecule has 1 fully saturated rings. The molecule has 154 valence electrons. The lowest BCUT2D eigenvalue weighted by molar-refractivity contribution is 0.277. The van der Waals surface area contributed by atoms with Gasteiger partial charge in [0, 0.05) is 29.6 Å². The summed E-state index contributed by atoms with van der Waals surface area (Å²) in [6.45, 7) is 3.82. The number of rotatable bonds is 5. The van der Waals surface area contributed by atoms with Gasteiger partial charge in [0.25, 0.3) is 0 Å². The van der Waals surface area contributed by atoms with Gasteiger partial charge in [-0.25, -0.2) is 0 Å². The van der Waals surface area contributed by atoms with Crippen molar-refractivity contribution in [2.24, 2.45) is 0 Å². The first-order valence-corrected chi connectivity index (χ1v) is 10.1. The van der Waals surface area contributed by atoms with E-state index < -0.39 is 0 Å². The Morgan fingerprint density at radius 2 is 1.97 bits per heavy atom. The summed E-state index contributed by atoms with van der Waals surface area (Å²) >= 11 is 0. The van der Waals surface area contributed by atoms with Gasteiger partial charge in [-0.1, -0.05) is 30.3 Å². The zero-order valence-corrected chi connectivity index (χ0v) is 17.7. The van der Waals surface area contributed by atoms with Crippen LogP contribution in [-0.2, 0) is 0 Å². The Kier molecular flexibility index (Phi) is 6.02. The van der Waals surface area contributed by atoms with Gasteiger partial charge in [-0.2, -0.15) is 0 Å². The van der Waals surface area contributed by atoms with E-state index in [0.29, 0.717) is 12.6 Å². The molecule has 0 radical (unpaired) electrons. The number of aromatic amines is 1. The highest BCUT2D eigenvalue weighted by Crippen LogP contribution is 2.41. The summed E-state index contributed by atoms with van der Waals surface area (Å²) < 4.78 is 6.23. The molecule has 6 heteroatoms. The number of nitrogens with one attached hydrogen (secondary N) is 2. The fraction of sp³-hybridized carbons (Fsp3) is 0.250. The highest BCUT2D eigenvalue weighted by molar-refractivity contribution is 6.03. The molecule has 0 bridgehead atoms. The summed E-state index contributed by atoms with van der Waals surface area (Å²) in [5.74, 6) is 0.794. The van der Waals surface area contributed by atoms with Crippen molar-refractivity contribution >= 4 is 23.4 Å². The van der Waals surface area contributed by atoms with Gasteiger partial charge in [-0.15, -0.1) is 12.4 Å². The van der Waals surface area contributed by atoms with Crippen LogP contribution in [0.4, 0.5) is 0 Å². The van der Waals surface area contributed by atoms with E-state index >= 15 is 0 Å². The van der Waals surface area contributed by atoms with Crippen molar-refractivity contribution in [3.63, 3.8) is 0 Å². The van der Waals surface area contributed by atoms with E-state index in [2.05, 4.69) is 46.5 Å². The molecule has 5 rings (SSSR count). The van der Waals surface area contributed by atoms with Gasteiger partial charge in [0.2, 0.25) is 0 Å². The molecule has 0 saturated carbocycles. The van der Waals surface area contributed by atoms with Gasteiger partial charge in [0.05, 0.1) is 22.9 Å². The zero-order valence-electron chi connectivity index (χ0n) is 16.9. The molecule has 1 aromatic carbocycles. The minimum atomic E-state index is 0. The van der Waals surface area contributed by atoms with Gasteiger partial charge in [0.15, 0.2) is 0 Å². The summed E-state index contributed by atoms with van der Waals surface area (Å²) in [6.07, 6.45) is 7.86. The number of aryl methyl sites for hydroxylation is 1. The number of ether oxygens (including phenoxy) is 1. The summed E-state index contributed by atoms with van der Waals surface area (Å²) in [5.41, 5.74) is 7.46. The van der Waals surface area contributed by atoms with E-state index in [1.165, 1.54) is 12.0 Å². The number of nitrogens with zero attached hydrogens (tertiary/aromatic N) is 2. The first-order chi connectivity index (χ1) is 14.3. The predicted molar refractivity (Wildman–Crippen MR) is 123 cm³/mol. The second-order valence-electron chi connectivity index (χ2n) is 7.57. The molecule has 1 saturated heterocycles. The van der Waals surface area contributed by atoms with Gasteiger partial charge < -0.3 is 15.0 Å². The monoisotopic (exact) mass is 420 g/mol. The van der Waals surface area contributed by atoms with Crippen LogP contribution in [0.2, 0.25) is 0 Å². The number of benzene rings is 1. The van der Waals surface area contributed by atoms with Crippen molar-refractivity contribution in [1.82, 2.24) is 20.3 Å². The molecule has 30 heavy (non-hydrogen) atoms. The highest BCUT2D eigenvalue weighted by Gasteiger charge is 2.21. The van der Waals surface area contributed by atoms with E-state index in [1.54, 1.807) is 0 Å². The van der Waals surface area contributed by atoms with Crippen LogP contribution >= 0.6 is 12.4 Å². The molecular weight excluding hydrogens is 396 g/mol. The number of pyridine rings is 2. The van der Waals surface area contributed by atoms with E-state index in [4.69, 9.17) is 9.72 Å². The van der Waals surface area contributed by atoms with Crippen LogP contribution in [0.25, 0.3) is 33.4 Å². The first-order valence-electron chi connectivity index (χ1n) is 10.1. The number of hydrogen-bond acceptors (Lipinski definition) is 4. The average molecular weight is 421 g/mol. The van der Waals surface area contributed by atoms with Crippen molar-refractivity contribution in [2.75, 3.05) is 13.2 Å². The van der Waals surface area contributed by atoms with Crippen LogP contribution in [0.3, 0.4) is 0 Å². The number of hydrogen-bond donors (Lipinski definition) is 2. The SMILES string of the molecule is Cc1ccnc2c(-c3ccccc3)c(-c3ccncc3OC[C@@H]3CCCN3)[nH]c12.Cl. The second-order valence-corrected chi connectivity index (χ2v) is 7.57. The number of halogens is 1. The van der Waals surface area contributed by atoms with E-state index in [9.17, 15) is 0 Å². The maximum atomic E-state index is 6.23. The molecule has 4 heterocycles. The molecule has 0 spiro atoms. The lowest BCUT2D eigenvalue weighted by Crippen LogP contribution is -2.28. The molecule has 0 amide bonds. The normalized spacial score (nSPS) is 15.8. The number of H-pyrrole nitrogens is 1. The third kappa shape index (κ3) is 3.78. The predicted octanol–water partition coefficient (Wildman–Crippen LogP) is 5.15. The Morgan fingerprint density at radius 1 is 1.10 bits per heavy atom. The topological polar surface area (TPSA) is 62.8 Å². The quantitative estimate of drug-likeness (QED) is 0.468. The van der Waals surface area contributed by atoms with Crippen LogP contribution in [-0.4, -0.2) is 34.1 Å². The van der Waals surface area contributed by atoms with E-state index in [-0.39, 0.29) is 12.4 Å². The second kappa shape index (κ2) is 8.86. The minimum Gasteiger partial charge on any atom is -0.490 e. The smallest absolute Gasteiger partial charge is 0.146 e. The summed E-state index contributed by atoms with van der Waals surface area (Å²) in [7, 11) is 0. The van der Waals surface area contributed by atoms with Crippen LogP contribution in [0.15, 0.2) is 61.1 Å².